The summed E-state index contributed by atoms with van der Waals surface area (Å²) in [4.78, 5) is 12.4. The maximum absolute atomic E-state index is 10.4. The van der Waals surface area contributed by atoms with E-state index in [1.54, 1.807) is 0 Å². The number of anilines is 1. The molecule has 0 unspecified atom stereocenters. The Morgan fingerprint density at radius 3 is 2.94 bits per heavy atom. The van der Waals surface area contributed by atoms with Crippen LogP contribution in [-0.2, 0) is 4.79 Å². The van der Waals surface area contributed by atoms with Crippen molar-refractivity contribution in [2.45, 2.75) is 24.1 Å². The Balaban J connectivity index is 2.46. The number of unbranched alkanes of at least 4 members (excludes halogenated alkanes) is 1. The van der Waals surface area contributed by atoms with Crippen molar-refractivity contribution in [2.75, 3.05) is 24.2 Å². The van der Waals surface area contributed by atoms with Crippen molar-refractivity contribution in [1.29, 1.82) is 0 Å². The van der Waals surface area contributed by atoms with E-state index in [0.717, 1.165) is 24.5 Å². The highest BCUT2D eigenvalue weighted by molar-refractivity contribution is 8.01. The smallest absolute Gasteiger partial charge is 0.313 e. The maximum atomic E-state index is 10.4. The Hall–Kier alpha value is -0.820. The van der Waals surface area contributed by atoms with Crippen LogP contribution in [0, 0.1) is 0 Å². The number of nitrogens with zero attached hydrogens (tertiary/aromatic N) is 3. The van der Waals surface area contributed by atoms with Crippen LogP contribution in [0.3, 0.4) is 0 Å². The molecule has 0 radical (unpaired) electrons. The molecule has 0 aliphatic heterocycles. The van der Waals surface area contributed by atoms with E-state index in [9.17, 15) is 4.79 Å². The number of aromatic nitrogens is 2. The average Bonchev–Trinajstić information content (AvgIpc) is 2.71. The van der Waals surface area contributed by atoms with E-state index in [-0.39, 0.29) is 5.75 Å². The van der Waals surface area contributed by atoms with Crippen LogP contribution in [0.2, 0.25) is 0 Å². The van der Waals surface area contributed by atoms with Gasteiger partial charge in [0.1, 0.15) is 0 Å². The molecule has 1 heterocycles. The molecular weight excluding hydrogens is 246 g/mol. The SMILES string of the molecule is CCCCN(C)c1nnc(SCC(=O)O)s1. The molecule has 0 amide bonds. The zero-order chi connectivity index (χ0) is 12.0. The van der Waals surface area contributed by atoms with E-state index in [0.29, 0.717) is 4.34 Å². The molecule has 0 atom stereocenters. The Bertz CT molecular complexity index is 343. The lowest BCUT2D eigenvalue weighted by Crippen LogP contribution is -2.17. The fraction of sp³-hybridized carbons (Fsp3) is 0.667. The van der Waals surface area contributed by atoms with E-state index in [1.165, 1.54) is 23.1 Å². The fourth-order valence-corrected chi connectivity index (χ4v) is 2.58. The molecule has 1 N–H and O–H groups in total. The van der Waals surface area contributed by atoms with Gasteiger partial charge in [-0.15, -0.1) is 10.2 Å². The first kappa shape index (κ1) is 13.2. The molecule has 7 heteroatoms. The van der Waals surface area contributed by atoms with Gasteiger partial charge in [0.15, 0.2) is 4.34 Å². The molecule has 0 aliphatic carbocycles. The molecule has 0 aromatic carbocycles. The van der Waals surface area contributed by atoms with E-state index in [1.807, 2.05) is 11.9 Å². The quantitative estimate of drug-likeness (QED) is 0.757. The van der Waals surface area contributed by atoms with E-state index < -0.39 is 5.97 Å². The predicted octanol–water partition coefficient (Wildman–Crippen LogP) is 1.95. The number of thioether (sulfide) groups is 1. The normalized spacial score (nSPS) is 10.4. The summed E-state index contributed by atoms with van der Waals surface area (Å²) in [5.41, 5.74) is 0. The van der Waals surface area contributed by atoms with Crippen molar-refractivity contribution < 1.29 is 9.90 Å². The van der Waals surface area contributed by atoms with Gasteiger partial charge in [-0.1, -0.05) is 36.4 Å². The molecule has 0 saturated carbocycles. The molecule has 0 saturated heterocycles. The van der Waals surface area contributed by atoms with Crippen molar-refractivity contribution in [3.05, 3.63) is 0 Å². The summed E-state index contributed by atoms with van der Waals surface area (Å²) >= 11 is 2.65. The molecule has 0 spiro atoms. The summed E-state index contributed by atoms with van der Waals surface area (Å²) in [7, 11) is 1.97. The number of hydrogen-bond donors (Lipinski definition) is 1. The molecule has 1 rings (SSSR count). The number of rotatable bonds is 7. The third kappa shape index (κ3) is 4.36. The Kier molecular flexibility index (Phi) is 5.54. The number of carboxylic acid groups (broad SMARTS) is 1. The van der Waals surface area contributed by atoms with Gasteiger partial charge in [0.2, 0.25) is 5.13 Å². The van der Waals surface area contributed by atoms with Crippen LogP contribution in [0.4, 0.5) is 5.13 Å². The minimum absolute atomic E-state index is 0.0350. The van der Waals surface area contributed by atoms with Crippen molar-refractivity contribution in [3.63, 3.8) is 0 Å². The zero-order valence-corrected chi connectivity index (χ0v) is 11.0. The topological polar surface area (TPSA) is 66.3 Å². The van der Waals surface area contributed by atoms with Gasteiger partial charge in [0, 0.05) is 13.6 Å². The highest BCUT2D eigenvalue weighted by Gasteiger charge is 2.09. The molecule has 90 valence electrons. The van der Waals surface area contributed by atoms with Crippen LogP contribution in [0.1, 0.15) is 19.8 Å². The molecule has 5 nitrogen and oxygen atoms in total. The second-order valence-electron chi connectivity index (χ2n) is 3.31. The standard InChI is InChI=1S/C9H15N3O2S2/c1-3-4-5-12(2)8-10-11-9(16-8)15-6-7(13)14/h3-6H2,1-2H3,(H,13,14). The number of carboxylic acids is 1. The van der Waals surface area contributed by atoms with Gasteiger partial charge in [-0.2, -0.15) is 0 Å². The largest absolute Gasteiger partial charge is 0.481 e. The first-order valence-corrected chi connectivity index (χ1v) is 6.83. The molecule has 0 aliphatic rings. The first-order valence-electron chi connectivity index (χ1n) is 5.02. The molecule has 0 fully saturated rings. The van der Waals surface area contributed by atoms with Crippen LogP contribution < -0.4 is 4.90 Å². The molecular formula is C9H15N3O2S2. The van der Waals surface area contributed by atoms with Crippen LogP contribution in [0.15, 0.2) is 4.34 Å². The summed E-state index contributed by atoms with van der Waals surface area (Å²) in [6.45, 7) is 3.09. The summed E-state index contributed by atoms with van der Waals surface area (Å²) in [6, 6.07) is 0. The van der Waals surface area contributed by atoms with Gasteiger partial charge in [0.25, 0.3) is 0 Å². The van der Waals surface area contributed by atoms with Crippen LogP contribution in [0.5, 0.6) is 0 Å². The highest BCUT2D eigenvalue weighted by Crippen LogP contribution is 2.27. The second kappa shape index (κ2) is 6.70. The number of aliphatic carboxylic acids is 1. The Morgan fingerprint density at radius 1 is 1.56 bits per heavy atom. The Morgan fingerprint density at radius 2 is 2.31 bits per heavy atom. The van der Waals surface area contributed by atoms with Gasteiger partial charge in [-0.3, -0.25) is 4.79 Å². The summed E-state index contributed by atoms with van der Waals surface area (Å²) in [5.74, 6) is -0.797. The van der Waals surface area contributed by atoms with Crippen LogP contribution in [-0.4, -0.2) is 40.6 Å². The van der Waals surface area contributed by atoms with Gasteiger partial charge in [0.05, 0.1) is 5.75 Å². The van der Waals surface area contributed by atoms with E-state index >= 15 is 0 Å². The lowest BCUT2D eigenvalue weighted by Gasteiger charge is -2.13. The third-order valence-corrected chi connectivity index (χ3v) is 4.04. The summed E-state index contributed by atoms with van der Waals surface area (Å²) < 4.78 is 0.709. The summed E-state index contributed by atoms with van der Waals surface area (Å²) in [5, 5.41) is 17.4. The predicted molar refractivity (Wildman–Crippen MR) is 66.4 cm³/mol. The van der Waals surface area contributed by atoms with Crippen molar-refractivity contribution in [3.8, 4) is 0 Å². The van der Waals surface area contributed by atoms with Crippen LogP contribution >= 0.6 is 23.1 Å². The lowest BCUT2D eigenvalue weighted by molar-refractivity contribution is -0.133. The van der Waals surface area contributed by atoms with Gasteiger partial charge >= 0.3 is 5.97 Å². The fourth-order valence-electron chi connectivity index (χ4n) is 1.03. The Labute approximate surface area is 103 Å². The molecule has 1 aromatic heterocycles. The van der Waals surface area contributed by atoms with Crippen molar-refractivity contribution in [1.82, 2.24) is 10.2 Å². The molecule has 1 aromatic rings. The minimum atomic E-state index is -0.832. The maximum Gasteiger partial charge on any atom is 0.313 e. The molecule has 16 heavy (non-hydrogen) atoms. The monoisotopic (exact) mass is 261 g/mol. The third-order valence-electron chi connectivity index (χ3n) is 1.89. The van der Waals surface area contributed by atoms with Crippen LogP contribution in [0.25, 0.3) is 0 Å². The van der Waals surface area contributed by atoms with E-state index in [2.05, 4.69) is 17.1 Å². The van der Waals surface area contributed by atoms with Crippen molar-refractivity contribution in [2.24, 2.45) is 0 Å². The summed E-state index contributed by atoms with van der Waals surface area (Å²) in [6.07, 6.45) is 2.26. The van der Waals surface area contributed by atoms with Crippen molar-refractivity contribution >= 4 is 34.2 Å². The number of hydrogen-bond acceptors (Lipinski definition) is 6. The zero-order valence-electron chi connectivity index (χ0n) is 9.34. The van der Waals surface area contributed by atoms with Gasteiger partial charge < -0.3 is 10.0 Å². The second-order valence-corrected chi connectivity index (χ2v) is 5.49. The average molecular weight is 261 g/mol. The highest BCUT2D eigenvalue weighted by atomic mass is 32.2. The minimum Gasteiger partial charge on any atom is -0.481 e. The first-order chi connectivity index (χ1) is 7.63. The van der Waals surface area contributed by atoms with Gasteiger partial charge in [-0.05, 0) is 6.42 Å². The van der Waals surface area contributed by atoms with Gasteiger partial charge in [-0.25, -0.2) is 0 Å². The number of carbonyl (C=O) groups is 1. The molecule has 0 bridgehead atoms. The van der Waals surface area contributed by atoms with E-state index in [4.69, 9.17) is 5.11 Å². The lowest BCUT2D eigenvalue weighted by atomic mass is 10.3.